The smallest absolute Gasteiger partial charge is 0.275 e. The van der Waals surface area contributed by atoms with E-state index < -0.39 is 0 Å². The number of nitrogens with one attached hydrogen (secondary N) is 1. The summed E-state index contributed by atoms with van der Waals surface area (Å²) in [6.45, 7) is 4.93. The molecule has 0 aliphatic rings. The molecule has 3 aromatic rings. The van der Waals surface area contributed by atoms with Crippen LogP contribution in [0.4, 0.5) is 0 Å². The van der Waals surface area contributed by atoms with E-state index in [0.717, 1.165) is 5.56 Å². The molecule has 0 aliphatic carbocycles. The number of hydrogen-bond acceptors (Lipinski definition) is 4. The van der Waals surface area contributed by atoms with Crippen LogP contribution in [0.5, 0.6) is 0 Å². The summed E-state index contributed by atoms with van der Waals surface area (Å²) in [6, 6.07) is 10.6. The number of benzene rings is 1. The summed E-state index contributed by atoms with van der Waals surface area (Å²) in [6.07, 6.45) is 3.02. The maximum absolute atomic E-state index is 13.2. The lowest BCUT2D eigenvalue weighted by Crippen LogP contribution is -2.38. The lowest BCUT2D eigenvalue weighted by Gasteiger charge is -2.30. The molecule has 1 unspecified atom stereocenters. The van der Waals surface area contributed by atoms with E-state index in [-0.39, 0.29) is 17.5 Å². The molecule has 0 fully saturated rings. The van der Waals surface area contributed by atoms with Crippen LogP contribution in [-0.2, 0) is 0 Å². The first-order valence-corrected chi connectivity index (χ1v) is 9.20. The molecular weight excluding hydrogens is 342 g/mol. The normalized spacial score (nSPS) is 12.3. The third kappa shape index (κ3) is 3.93. The van der Waals surface area contributed by atoms with E-state index in [0.29, 0.717) is 42.8 Å². The Hall–Kier alpha value is -2.93. The van der Waals surface area contributed by atoms with E-state index in [1.165, 1.54) is 0 Å². The van der Waals surface area contributed by atoms with Gasteiger partial charge in [-0.05, 0) is 50.6 Å². The van der Waals surface area contributed by atoms with Crippen LogP contribution in [0.1, 0.15) is 47.6 Å². The van der Waals surface area contributed by atoms with Crippen LogP contribution in [0.2, 0.25) is 0 Å². The Morgan fingerprint density at radius 2 is 2.04 bits per heavy atom. The molecule has 27 heavy (non-hydrogen) atoms. The number of amides is 1. The second kappa shape index (κ2) is 8.18. The number of hydrogen-bond donors (Lipinski definition) is 2. The topological polar surface area (TPSA) is 96.5 Å². The Balaban J connectivity index is 2.00. The summed E-state index contributed by atoms with van der Waals surface area (Å²) in [5.74, 6) is 0.384. The molecule has 1 amide bonds. The lowest BCUT2D eigenvalue weighted by molar-refractivity contribution is 0.0658. The average molecular weight is 367 g/mol. The molecule has 0 saturated heterocycles. The Kier molecular flexibility index (Phi) is 5.71. The molecular formula is C20H25N5O2. The minimum atomic E-state index is -0.343. The molecule has 0 spiro atoms. The number of fused-ring (bicyclic) bond motifs is 1. The minimum Gasteiger partial charge on any atom is -0.330 e. The Labute approximate surface area is 157 Å². The van der Waals surface area contributed by atoms with E-state index in [9.17, 15) is 9.59 Å². The van der Waals surface area contributed by atoms with E-state index in [1.807, 2.05) is 38.1 Å². The van der Waals surface area contributed by atoms with E-state index in [4.69, 9.17) is 5.73 Å². The highest BCUT2D eigenvalue weighted by molar-refractivity contribution is 5.94. The summed E-state index contributed by atoms with van der Waals surface area (Å²) >= 11 is 0. The number of carbonyl (C=O) groups is 1. The van der Waals surface area contributed by atoms with Gasteiger partial charge in [0.15, 0.2) is 5.82 Å². The second-order valence-corrected chi connectivity index (χ2v) is 6.61. The third-order valence-corrected chi connectivity index (χ3v) is 4.66. The number of aryl methyl sites for hydroxylation is 1. The number of nitrogens with two attached hydrogens (primary N) is 1. The first-order valence-electron chi connectivity index (χ1n) is 9.20. The van der Waals surface area contributed by atoms with Crippen LogP contribution in [0.3, 0.4) is 0 Å². The van der Waals surface area contributed by atoms with Gasteiger partial charge >= 0.3 is 0 Å². The predicted octanol–water partition coefficient (Wildman–Crippen LogP) is 2.27. The zero-order valence-corrected chi connectivity index (χ0v) is 15.7. The van der Waals surface area contributed by atoms with Gasteiger partial charge in [0.25, 0.3) is 11.5 Å². The maximum Gasteiger partial charge on any atom is 0.275 e. The van der Waals surface area contributed by atoms with Crippen LogP contribution in [0.25, 0.3) is 5.52 Å². The quantitative estimate of drug-likeness (QED) is 0.669. The van der Waals surface area contributed by atoms with Crippen LogP contribution in [0.15, 0.2) is 47.4 Å². The Morgan fingerprint density at radius 1 is 1.30 bits per heavy atom. The molecule has 1 aromatic carbocycles. The van der Waals surface area contributed by atoms with E-state index in [2.05, 4.69) is 10.1 Å². The highest BCUT2D eigenvalue weighted by Gasteiger charge is 2.27. The van der Waals surface area contributed by atoms with Crippen molar-refractivity contribution in [3.05, 3.63) is 69.9 Å². The van der Waals surface area contributed by atoms with Gasteiger partial charge in [-0.25, -0.2) is 4.52 Å². The molecule has 7 heteroatoms. The highest BCUT2D eigenvalue weighted by atomic mass is 16.2. The van der Waals surface area contributed by atoms with Crippen molar-refractivity contribution in [3.63, 3.8) is 0 Å². The largest absolute Gasteiger partial charge is 0.330 e. The minimum absolute atomic E-state index is 0.0921. The van der Waals surface area contributed by atoms with Gasteiger partial charge in [-0.1, -0.05) is 24.6 Å². The number of aromatic amines is 1. The summed E-state index contributed by atoms with van der Waals surface area (Å²) < 4.78 is 1.55. The fraction of sp³-hybridized carbons (Fsp3) is 0.350. The number of carbonyl (C=O) groups excluding carboxylic acids is 1. The van der Waals surface area contributed by atoms with Crippen molar-refractivity contribution in [1.82, 2.24) is 19.5 Å². The average Bonchev–Trinajstić information content (AvgIpc) is 3.14. The van der Waals surface area contributed by atoms with Gasteiger partial charge in [0.2, 0.25) is 0 Å². The molecule has 2 heterocycles. The van der Waals surface area contributed by atoms with Crippen molar-refractivity contribution >= 4 is 11.4 Å². The van der Waals surface area contributed by atoms with Gasteiger partial charge in [-0.15, -0.1) is 0 Å². The van der Waals surface area contributed by atoms with Crippen molar-refractivity contribution in [2.45, 2.75) is 32.7 Å². The molecule has 7 nitrogen and oxygen atoms in total. The molecule has 2 aromatic heterocycles. The molecule has 1 atom stereocenters. The monoisotopic (exact) mass is 367 g/mol. The van der Waals surface area contributed by atoms with Crippen molar-refractivity contribution < 1.29 is 4.79 Å². The number of aromatic nitrogens is 3. The Bertz CT molecular complexity index is 974. The molecule has 3 N–H and O–H groups in total. The summed E-state index contributed by atoms with van der Waals surface area (Å²) in [4.78, 5) is 30.2. The van der Waals surface area contributed by atoms with Crippen molar-refractivity contribution in [2.24, 2.45) is 5.73 Å². The van der Waals surface area contributed by atoms with Crippen LogP contribution < -0.4 is 11.3 Å². The van der Waals surface area contributed by atoms with Gasteiger partial charge in [-0.3, -0.25) is 9.59 Å². The molecule has 0 bridgehead atoms. The van der Waals surface area contributed by atoms with Crippen molar-refractivity contribution in [3.8, 4) is 0 Å². The van der Waals surface area contributed by atoms with Gasteiger partial charge in [0.05, 0.1) is 6.04 Å². The zero-order chi connectivity index (χ0) is 19.4. The van der Waals surface area contributed by atoms with Gasteiger partial charge < -0.3 is 15.6 Å². The summed E-state index contributed by atoms with van der Waals surface area (Å²) in [5.41, 5.74) is 7.65. The summed E-state index contributed by atoms with van der Waals surface area (Å²) in [7, 11) is 0. The number of nitrogens with zero attached hydrogens (tertiary/aromatic N) is 3. The van der Waals surface area contributed by atoms with Crippen molar-refractivity contribution in [2.75, 3.05) is 13.1 Å². The van der Waals surface area contributed by atoms with Gasteiger partial charge in [-0.2, -0.15) is 5.10 Å². The van der Waals surface area contributed by atoms with E-state index in [1.54, 1.807) is 27.7 Å². The molecule has 3 rings (SSSR count). The van der Waals surface area contributed by atoms with Crippen LogP contribution in [-0.4, -0.2) is 38.5 Å². The molecule has 142 valence electrons. The lowest BCUT2D eigenvalue weighted by atomic mass is 10.1. The van der Waals surface area contributed by atoms with Crippen molar-refractivity contribution in [1.29, 1.82) is 0 Å². The second-order valence-electron chi connectivity index (χ2n) is 6.61. The summed E-state index contributed by atoms with van der Waals surface area (Å²) in [5, 5.41) is 4.52. The van der Waals surface area contributed by atoms with Crippen LogP contribution >= 0.6 is 0 Å². The Morgan fingerprint density at radius 3 is 2.70 bits per heavy atom. The van der Waals surface area contributed by atoms with Gasteiger partial charge in [0, 0.05) is 18.3 Å². The molecule has 0 aliphatic heterocycles. The molecule has 0 radical (unpaired) electrons. The van der Waals surface area contributed by atoms with E-state index >= 15 is 0 Å². The predicted molar refractivity (Wildman–Crippen MR) is 105 cm³/mol. The SMILES string of the molecule is CCC(c1nn2cccc2c(=O)[nH]1)N(CCCN)C(=O)c1ccc(C)cc1. The maximum atomic E-state index is 13.2. The first kappa shape index (κ1) is 18.8. The molecule has 0 saturated carbocycles. The fourth-order valence-corrected chi connectivity index (χ4v) is 3.19. The standard InChI is InChI=1S/C20H25N5O2/c1-3-16(18-22-19(26)17-6-4-13-25(17)23-18)24(12-5-11-21)20(27)15-9-7-14(2)8-10-15/h4,6-10,13,16H,3,5,11-12,21H2,1-2H3,(H,22,23,26). The van der Waals surface area contributed by atoms with Crippen LogP contribution in [0, 0.1) is 6.92 Å². The number of rotatable bonds is 7. The van der Waals surface area contributed by atoms with Gasteiger partial charge in [0.1, 0.15) is 5.52 Å². The fourth-order valence-electron chi connectivity index (χ4n) is 3.19. The number of H-pyrrole nitrogens is 1. The zero-order valence-electron chi connectivity index (χ0n) is 15.7. The first-order chi connectivity index (χ1) is 13.0. The third-order valence-electron chi connectivity index (χ3n) is 4.66. The highest BCUT2D eigenvalue weighted by Crippen LogP contribution is 2.23.